The van der Waals surface area contributed by atoms with Crippen LogP contribution in [-0.4, -0.2) is 36.7 Å². The van der Waals surface area contributed by atoms with E-state index in [2.05, 4.69) is 15.3 Å². The molecule has 0 unspecified atom stereocenters. The molecule has 0 saturated carbocycles. The molecule has 1 amide bonds. The summed E-state index contributed by atoms with van der Waals surface area (Å²) >= 11 is 0. The zero-order valence-electron chi connectivity index (χ0n) is 22.3. The van der Waals surface area contributed by atoms with Crippen molar-refractivity contribution in [3.8, 4) is 5.75 Å². The number of hydrogen-bond donors (Lipinski definition) is 1. The second-order valence-corrected chi connectivity index (χ2v) is 11.1. The topological polar surface area (TPSA) is 115 Å². The van der Waals surface area contributed by atoms with E-state index in [-0.39, 0.29) is 18.0 Å². The molecule has 0 aliphatic rings. The summed E-state index contributed by atoms with van der Waals surface area (Å²) in [6, 6.07) is 18.6. The summed E-state index contributed by atoms with van der Waals surface area (Å²) in [5.41, 5.74) is 2.64. The molecule has 0 aliphatic carbocycles. The number of hydrogen-bond acceptors (Lipinski definition) is 8. The number of nitrogens with zero attached hydrogens (tertiary/aromatic N) is 3. The van der Waals surface area contributed by atoms with Crippen molar-refractivity contribution in [3.05, 3.63) is 95.7 Å². The Balaban J connectivity index is 1.81. The van der Waals surface area contributed by atoms with Crippen molar-refractivity contribution in [2.24, 2.45) is 0 Å². The molecule has 0 saturated heterocycles. The van der Waals surface area contributed by atoms with Crippen LogP contribution in [0.4, 0.5) is 11.4 Å². The SMILES string of the molecule is CCCOc1ccccc1CN(Cc1ccco1)c1cnc(S(=O)(=O)CC)nc1C(=O)Nc1ccccc1C. The van der Waals surface area contributed by atoms with Gasteiger partial charge in [-0.25, -0.2) is 18.4 Å². The third-order valence-corrected chi connectivity index (χ3v) is 7.59. The van der Waals surface area contributed by atoms with Crippen LogP contribution in [0.25, 0.3) is 0 Å². The minimum Gasteiger partial charge on any atom is -0.493 e. The van der Waals surface area contributed by atoms with Gasteiger partial charge in [-0.2, -0.15) is 0 Å². The highest BCUT2D eigenvalue weighted by molar-refractivity contribution is 7.91. The van der Waals surface area contributed by atoms with Crippen LogP contribution >= 0.6 is 0 Å². The molecule has 1 N–H and O–H groups in total. The minimum absolute atomic E-state index is 0.0567. The second-order valence-electron chi connectivity index (χ2n) is 8.95. The van der Waals surface area contributed by atoms with Gasteiger partial charge < -0.3 is 19.4 Å². The molecular formula is C29H32N4O5S. The average molecular weight is 549 g/mol. The molecular weight excluding hydrogens is 516 g/mol. The summed E-state index contributed by atoms with van der Waals surface area (Å²) in [6.07, 6.45) is 3.82. The molecule has 0 aliphatic heterocycles. The smallest absolute Gasteiger partial charge is 0.276 e. The van der Waals surface area contributed by atoms with Gasteiger partial charge in [0.25, 0.3) is 5.91 Å². The van der Waals surface area contributed by atoms with Crippen LogP contribution in [0.3, 0.4) is 0 Å². The van der Waals surface area contributed by atoms with Gasteiger partial charge in [-0.3, -0.25) is 4.79 Å². The highest BCUT2D eigenvalue weighted by Crippen LogP contribution is 2.28. The van der Waals surface area contributed by atoms with E-state index in [1.165, 1.54) is 13.1 Å². The zero-order chi connectivity index (χ0) is 27.8. The Kier molecular flexibility index (Phi) is 8.98. The van der Waals surface area contributed by atoms with Gasteiger partial charge in [0.1, 0.15) is 11.5 Å². The van der Waals surface area contributed by atoms with Gasteiger partial charge in [-0.1, -0.05) is 50.2 Å². The second kappa shape index (κ2) is 12.6. The lowest BCUT2D eigenvalue weighted by atomic mass is 10.1. The van der Waals surface area contributed by atoms with Crippen molar-refractivity contribution in [1.82, 2.24) is 9.97 Å². The largest absolute Gasteiger partial charge is 0.493 e. The molecule has 9 nitrogen and oxygen atoms in total. The number of sulfone groups is 1. The number of ether oxygens (including phenoxy) is 1. The molecule has 10 heteroatoms. The Morgan fingerprint density at radius 1 is 1.03 bits per heavy atom. The summed E-state index contributed by atoms with van der Waals surface area (Å²) < 4.78 is 36.9. The number of para-hydroxylation sites is 2. The maximum Gasteiger partial charge on any atom is 0.276 e. The molecule has 204 valence electrons. The Morgan fingerprint density at radius 3 is 2.51 bits per heavy atom. The van der Waals surface area contributed by atoms with Gasteiger partial charge in [0.15, 0.2) is 5.69 Å². The van der Waals surface area contributed by atoms with Crippen molar-refractivity contribution < 1.29 is 22.4 Å². The van der Waals surface area contributed by atoms with Crippen molar-refractivity contribution in [2.45, 2.75) is 45.4 Å². The number of amides is 1. The van der Waals surface area contributed by atoms with Gasteiger partial charge in [0, 0.05) is 17.8 Å². The molecule has 0 atom stereocenters. The number of anilines is 2. The molecule has 2 aromatic carbocycles. The number of aromatic nitrogens is 2. The summed E-state index contributed by atoms with van der Waals surface area (Å²) in [6.45, 7) is 6.59. The molecule has 0 bridgehead atoms. The van der Waals surface area contributed by atoms with E-state index in [4.69, 9.17) is 9.15 Å². The predicted octanol–water partition coefficient (Wildman–Crippen LogP) is 5.42. The fraction of sp³-hybridized carbons (Fsp3) is 0.276. The molecule has 2 aromatic heterocycles. The molecule has 4 aromatic rings. The fourth-order valence-corrected chi connectivity index (χ4v) is 4.64. The maximum absolute atomic E-state index is 13.7. The van der Waals surface area contributed by atoms with Gasteiger partial charge >= 0.3 is 0 Å². The first-order chi connectivity index (χ1) is 18.8. The number of nitrogens with one attached hydrogen (secondary N) is 1. The van der Waals surface area contributed by atoms with Crippen LogP contribution in [-0.2, 0) is 22.9 Å². The monoisotopic (exact) mass is 548 g/mol. The summed E-state index contributed by atoms with van der Waals surface area (Å²) in [5.74, 6) is 0.635. The predicted molar refractivity (Wildman–Crippen MR) is 150 cm³/mol. The van der Waals surface area contributed by atoms with Gasteiger partial charge in [-0.15, -0.1) is 0 Å². The zero-order valence-corrected chi connectivity index (χ0v) is 23.1. The molecule has 0 radical (unpaired) electrons. The first-order valence-corrected chi connectivity index (χ1v) is 14.4. The summed E-state index contributed by atoms with van der Waals surface area (Å²) in [4.78, 5) is 24.0. The average Bonchev–Trinajstić information content (AvgIpc) is 3.46. The molecule has 39 heavy (non-hydrogen) atoms. The first-order valence-electron chi connectivity index (χ1n) is 12.8. The number of carbonyl (C=O) groups excluding carboxylic acids is 1. The highest BCUT2D eigenvalue weighted by Gasteiger charge is 2.26. The molecule has 0 fully saturated rings. The van der Waals surface area contributed by atoms with E-state index >= 15 is 0 Å². The highest BCUT2D eigenvalue weighted by atomic mass is 32.2. The van der Waals surface area contributed by atoms with Crippen molar-refractivity contribution in [1.29, 1.82) is 0 Å². The lowest BCUT2D eigenvalue weighted by molar-refractivity contribution is 0.102. The van der Waals surface area contributed by atoms with Crippen LogP contribution in [0.1, 0.15) is 47.6 Å². The summed E-state index contributed by atoms with van der Waals surface area (Å²) in [7, 11) is -3.76. The number of furan rings is 1. The van der Waals surface area contributed by atoms with Crippen LogP contribution in [0.15, 0.2) is 82.7 Å². The van der Waals surface area contributed by atoms with Crippen molar-refractivity contribution in [2.75, 3.05) is 22.6 Å². The van der Waals surface area contributed by atoms with E-state index < -0.39 is 20.9 Å². The third-order valence-electron chi connectivity index (χ3n) is 6.08. The normalized spacial score (nSPS) is 11.3. The Hall–Kier alpha value is -4.18. The van der Waals surface area contributed by atoms with E-state index in [9.17, 15) is 13.2 Å². The first kappa shape index (κ1) is 27.8. The minimum atomic E-state index is -3.76. The molecule has 4 rings (SSSR count). The quantitative estimate of drug-likeness (QED) is 0.234. The number of aryl methyl sites for hydroxylation is 1. The Bertz CT molecular complexity index is 1520. The van der Waals surface area contributed by atoms with Crippen molar-refractivity contribution in [3.63, 3.8) is 0 Å². The van der Waals surface area contributed by atoms with E-state index in [0.29, 0.717) is 30.3 Å². The summed E-state index contributed by atoms with van der Waals surface area (Å²) in [5, 5.41) is 2.49. The Morgan fingerprint density at radius 2 is 1.79 bits per heavy atom. The van der Waals surface area contributed by atoms with Crippen LogP contribution in [0, 0.1) is 6.92 Å². The lowest BCUT2D eigenvalue weighted by Crippen LogP contribution is -2.28. The number of benzene rings is 2. The standard InChI is InChI=1S/C29H32N4O5S/c1-4-16-38-26-15-9-7-12-22(26)19-33(20-23-13-10-17-37-23)25-18-30-29(39(35,36)5-2)32-27(25)28(34)31-24-14-8-6-11-21(24)3/h6-15,17-18H,4-5,16,19-20H2,1-3H3,(H,31,34). The van der Waals surface area contributed by atoms with Crippen molar-refractivity contribution >= 4 is 27.1 Å². The van der Waals surface area contributed by atoms with Crippen LogP contribution < -0.4 is 15.0 Å². The van der Waals surface area contributed by atoms with Crippen LogP contribution in [0.2, 0.25) is 0 Å². The van der Waals surface area contributed by atoms with E-state index in [1.807, 2.05) is 67.3 Å². The van der Waals surface area contributed by atoms with Gasteiger partial charge in [0.2, 0.25) is 15.0 Å². The third kappa shape index (κ3) is 6.83. The maximum atomic E-state index is 13.7. The molecule has 2 heterocycles. The van der Waals surface area contributed by atoms with Crippen LogP contribution in [0.5, 0.6) is 5.75 Å². The molecule has 0 spiro atoms. The van der Waals surface area contributed by atoms with E-state index in [1.54, 1.807) is 18.4 Å². The Labute approximate surface area is 228 Å². The van der Waals surface area contributed by atoms with Gasteiger partial charge in [0.05, 0.1) is 37.1 Å². The fourth-order valence-electron chi connectivity index (χ4n) is 3.94. The van der Waals surface area contributed by atoms with Gasteiger partial charge in [-0.05, 0) is 43.2 Å². The lowest BCUT2D eigenvalue weighted by Gasteiger charge is -2.26. The number of rotatable bonds is 12. The number of carbonyl (C=O) groups is 1. The van der Waals surface area contributed by atoms with E-state index in [0.717, 1.165) is 23.3 Å².